The van der Waals surface area contributed by atoms with Crippen LogP contribution in [0.25, 0.3) is 0 Å². The lowest BCUT2D eigenvalue weighted by Crippen LogP contribution is -2.12. The van der Waals surface area contributed by atoms with E-state index in [1.165, 1.54) is 5.56 Å². The Balaban J connectivity index is 2.35. The average Bonchev–Trinajstić information content (AvgIpc) is 2.33. The Bertz CT molecular complexity index is 292. The van der Waals surface area contributed by atoms with Crippen LogP contribution < -0.4 is 10.1 Å². The van der Waals surface area contributed by atoms with Gasteiger partial charge in [0.25, 0.3) is 0 Å². The van der Waals surface area contributed by atoms with E-state index in [4.69, 9.17) is 9.47 Å². The maximum atomic E-state index is 5.51. The molecule has 1 rings (SSSR count). The van der Waals surface area contributed by atoms with Crippen molar-refractivity contribution in [2.45, 2.75) is 19.9 Å². The Morgan fingerprint density at radius 1 is 1.38 bits per heavy atom. The lowest BCUT2D eigenvalue weighted by molar-refractivity contribution is 0.170. The van der Waals surface area contributed by atoms with Crippen LogP contribution in [0, 0.1) is 0 Å². The summed E-state index contributed by atoms with van der Waals surface area (Å²) in [6, 6.07) is 3.96. The summed E-state index contributed by atoms with van der Waals surface area (Å²) in [5, 5.41) is 3.26. The van der Waals surface area contributed by atoms with Crippen LogP contribution in [0.15, 0.2) is 18.3 Å². The van der Waals surface area contributed by atoms with Gasteiger partial charge in [0.2, 0.25) is 5.88 Å². The first kappa shape index (κ1) is 12.9. The molecule has 0 aliphatic rings. The molecule has 1 heterocycles. The van der Waals surface area contributed by atoms with Crippen molar-refractivity contribution in [1.29, 1.82) is 0 Å². The van der Waals surface area contributed by atoms with Gasteiger partial charge < -0.3 is 14.8 Å². The quantitative estimate of drug-likeness (QED) is 0.681. The molecule has 0 aromatic carbocycles. The van der Waals surface area contributed by atoms with Gasteiger partial charge in [-0.05, 0) is 18.2 Å². The minimum absolute atomic E-state index is 0.644. The molecule has 0 unspecified atom stereocenters. The van der Waals surface area contributed by atoms with E-state index < -0.39 is 0 Å². The van der Waals surface area contributed by atoms with Gasteiger partial charge in [0.1, 0.15) is 0 Å². The Kier molecular flexibility index (Phi) is 6.53. The van der Waals surface area contributed by atoms with Crippen LogP contribution in [-0.4, -0.2) is 31.9 Å². The zero-order valence-electron chi connectivity index (χ0n) is 10.0. The molecule has 0 fully saturated rings. The summed E-state index contributed by atoms with van der Waals surface area (Å²) in [7, 11) is 1.69. The molecule has 4 nitrogen and oxygen atoms in total. The largest absolute Gasteiger partial charge is 0.478 e. The van der Waals surface area contributed by atoms with Gasteiger partial charge in [-0.3, -0.25) is 0 Å². The second kappa shape index (κ2) is 8.07. The third-order valence-corrected chi connectivity index (χ3v) is 2.12. The van der Waals surface area contributed by atoms with E-state index in [0.717, 1.165) is 26.1 Å². The minimum atomic E-state index is 0.644. The molecule has 16 heavy (non-hydrogen) atoms. The second-order valence-electron chi connectivity index (χ2n) is 3.48. The second-order valence-corrected chi connectivity index (χ2v) is 3.48. The minimum Gasteiger partial charge on any atom is -0.478 e. The predicted octanol–water partition coefficient (Wildman–Crippen LogP) is 1.61. The highest BCUT2D eigenvalue weighted by molar-refractivity contribution is 5.20. The van der Waals surface area contributed by atoms with Crippen molar-refractivity contribution < 1.29 is 9.47 Å². The van der Waals surface area contributed by atoms with E-state index in [1.54, 1.807) is 13.3 Å². The van der Waals surface area contributed by atoms with Crippen molar-refractivity contribution in [3.8, 4) is 5.88 Å². The number of pyridine rings is 1. The monoisotopic (exact) mass is 224 g/mol. The normalized spacial score (nSPS) is 10.4. The molecule has 0 saturated heterocycles. The zero-order chi connectivity index (χ0) is 11.6. The van der Waals surface area contributed by atoms with E-state index in [2.05, 4.69) is 17.2 Å². The van der Waals surface area contributed by atoms with Crippen molar-refractivity contribution in [1.82, 2.24) is 10.3 Å². The van der Waals surface area contributed by atoms with Gasteiger partial charge in [-0.2, -0.15) is 0 Å². The van der Waals surface area contributed by atoms with E-state index >= 15 is 0 Å². The van der Waals surface area contributed by atoms with E-state index in [-0.39, 0.29) is 0 Å². The van der Waals surface area contributed by atoms with Crippen LogP contribution in [0.3, 0.4) is 0 Å². The van der Waals surface area contributed by atoms with Crippen molar-refractivity contribution in [2.75, 3.05) is 26.9 Å². The summed E-state index contributed by atoms with van der Waals surface area (Å²) in [5.74, 6) is 0.687. The third-order valence-electron chi connectivity index (χ3n) is 2.12. The third kappa shape index (κ3) is 5.09. The molecule has 0 amide bonds. The highest BCUT2D eigenvalue weighted by atomic mass is 16.5. The maximum Gasteiger partial charge on any atom is 0.213 e. The lowest BCUT2D eigenvalue weighted by Gasteiger charge is -2.07. The highest BCUT2D eigenvalue weighted by Crippen LogP contribution is 2.09. The molecular weight excluding hydrogens is 204 g/mol. The summed E-state index contributed by atoms with van der Waals surface area (Å²) in [5.41, 5.74) is 1.19. The molecular formula is C12H20N2O2. The number of methoxy groups -OCH3 is 1. The first-order valence-electron chi connectivity index (χ1n) is 5.64. The van der Waals surface area contributed by atoms with Gasteiger partial charge in [-0.15, -0.1) is 0 Å². The van der Waals surface area contributed by atoms with Crippen LogP contribution in [0.1, 0.15) is 18.9 Å². The van der Waals surface area contributed by atoms with Gasteiger partial charge in [-0.25, -0.2) is 4.98 Å². The molecule has 0 bridgehead atoms. The average molecular weight is 224 g/mol. The Labute approximate surface area is 97.0 Å². The highest BCUT2D eigenvalue weighted by Gasteiger charge is 1.97. The number of nitrogens with one attached hydrogen (secondary N) is 1. The Hall–Kier alpha value is -1.13. The summed E-state index contributed by atoms with van der Waals surface area (Å²) in [4.78, 5) is 4.15. The number of hydrogen-bond donors (Lipinski definition) is 1. The number of rotatable bonds is 8. The number of hydrogen-bond acceptors (Lipinski definition) is 4. The molecule has 90 valence electrons. The van der Waals surface area contributed by atoms with Gasteiger partial charge in [0, 0.05) is 38.9 Å². The Morgan fingerprint density at radius 2 is 2.25 bits per heavy atom. The molecule has 0 spiro atoms. The van der Waals surface area contributed by atoms with Crippen LogP contribution in [0.4, 0.5) is 0 Å². The number of nitrogens with zero attached hydrogens (tertiary/aromatic N) is 1. The topological polar surface area (TPSA) is 43.4 Å². The van der Waals surface area contributed by atoms with E-state index in [0.29, 0.717) is 12.5 Å². The van der Waals surface area contributed by atoms with Crippen molar-refractivity contribution in [2.24, 2.45) is 0 Å². The van der Waals surface area contributed by atoms with Crippen LogP contribution >= 0.6 is 0 Å². The molecule has 0 aliphatic heterocycles. The molecule has 1 aromatic heterocycles. The first-order chi connectivity index (χ1) is 7.86. The van der Waals surface area contributed by atoms with Gasteiger partial charge in [-0.1, -0.05) is 6.92 Å². The number of aromatic nitrogens is 1. The molecule has 0 saturated carbocycles. The van der Waals surface area contributed by atoms with Crippen LogP contribution in [0.5, 0.6) is 5.88 Å². The fourth-order valence-corrected chi connectivity index (χ4v) is 1.29. The first-order valence-corrected chi connectivity index (χ1v) is 5.64. The lowest BCUT2D eigenvalue weighted by atomic mass is 10.2. The molecule has 1 N–H and O–H groups in total. The molecule has 1 aromatic rings. The van der Waals surface area contributed by atoms with Gasteiger partial charge in [0.15, 0.2) is 0 Å². The zero-order valence-corrected chi connectivity index (χ0v) is 10.0. The Morgan fingerprint density at radius 3 is 3.00 bits per heavy atom. The van der Waals surface area contributed by atoms with Crippen LogP contribution in [0.2, 0.25) is 0 Å². The molecule has 4 heteroatoms. The number of ether oxygens (including phenoxy) is 2. The van der Waals surface area contributed by atoms with Crippen LogP contribution in [-0.2, 0) is 11.3 Å². The molecule has 0 atom stereocenters. The van der Waals surface area contributed by atoms with E-state index in [1.807, 2.05) is 12.1 Å². The summed E-state index contributed by atoms with van der Waals surface area (Å²) in [6.07, 6.45) is 2.66. The summed E-state index contributed by atoms with van der Waals surface area (Å²) >= 11 is 0. The van der Waals surface area contributed by atoms with Crippen molar-refractivity contribution in [3.63, 3.8) is 0 Å². The van der Waals surface area contributed by atoms with Crippen molar-refractivity contribution >= 4 is 0 Å². The van der Waals surface area contributed by atoms with Gasteiger partial charge >= 0.3 is 0 Å². The smallest absolute Gasteiger partial charge is 0.213 e. The summed E-state index contributed by atoms with van der Waals surface area (Å²) < 4.78 is 10.5. The fourth-order valence-electron chi connectivity index (χ4n) is 1.29. The molecule has 0 radical (unpaired) electrons. The maximum absolute atomic E-state index is 5.51. The standard InChI is InChI=1S/C12H20N2O2/c1-3-13-10-11-5-6-14-12(9-11)16-8-4-7-15-2/h5-6,9,13H,3-4,7-8,10H2,1-2H3. The van der Waals surface area contributed by atoms with Crippen molar-refractivity contribution in [3.05, 3.63) is 23.9 Å². The fraction of sp³-hybridized carbons (Fsp3) is 0.583. The SMILES string of the molecule is CCNCc1ccnc(OCCCOC)c1. The molecule has 0 aliphatic carbocycles. The predicted molar refractivity (Wildman–Crippen MR) is 63.6 cm³/mol. The van der Waals surface area contributed by atoms with E-state index in [9.17, 15) is 0 Å². The summed E-state index contributed by atoms with van der Waals surface area (Å²) in [6.45, 7) is 5.27. The van der Waals surface area contributed by atoms with Gasteiger partial charge in [0.05, 0.1) is 6.61 Å².